The SMILES string of the molecule is COC(=O)N[C@H](C(=O)N1C[C@@H](C)C[C@H]1c1ncc(-c2ccc(C#Cc3ccc4nc([C@@H]5C[C@H](C)CN5C(=O)[C@@H](NC(=O)OC)C(C)C)[nH]c4c3)cc2)[nH]1)C(C)C. The number of carbonyl (C=O) groups excluding carboxylic acids is 4. The van der Waals surface area contributed by atoms with Crippen LogP contribution in [-0.2, 0) is 19.1 Å². The van der Waals surface area contributed by atoms with Crippen LogP contribution in [0.25, 0.3) is 22.3 Å². The average molecular weight is 765 g/mol. The van der Waals surface area contributed by atoms with Crippen LogP contribution in [0.2, 0.25) is 0 Å². The summed E-state index contributed by atoms with van der Waals surface area (Å²) < 4.78 is 9.54. The molecule has 2 aromatic heterocycles. The van der Waals surface area contributed by atoms with Gasteiger partial charge in [-0.05, 0) is 72.4 Å². The Morgan fingerprint density at radius 1 is 0.750 bits per heavy atom. The number of ether oxygens (including phenoxy) is 2. The van der Waals surface area contributed by atoms with Gasteiger partial charge in [-0.25, -0.2) is 19.6 Å². The van der Waals surface area contributed by atoms with Crippen LogP contribution in [0.15, 0.2) is 48.7 Å². The molecular weight excluding hydrogens is 713 g/mol. The van der Waals surface area contributed by atoms with Crippen molar-refractivity contribution in [3.8, 4) is 23.1 Å². The zero-order valence-electron chi connectivity index (χ0n) is 33.3. The van der Waals surface area contributed by atoms with Crippen LogP contribution in [0.4, 0.5) is 9.59 Å². The molecule has 0 unspecified atom stereocenters. The van der Waals surface area contributed by atoms with E-state index in [1.54, 1.807) is 6.20 Å². The Kier molecular flexibility index (Phi) is 12.0. The molecule has 4 amide bonds. The number of nitrogens with zero attached hydrogens (tertiary/aromatic N) is 4. The molecule has 296 valence electrons. The fraction of sp³-hybridized carbons (Fsp3) is 0.476. The predicted octanol–water partition coefficient (Wildman–Crippen LogP) is 5.93. The molecule has 4 aromatic rings. The van der Waals surface area contributed by atoms with Crippen molar-refractivity contribution in [2.45, 2.75) is 78.6 Å². The third kappa shape index (κ3) is 8.67. The molecule has 56 heavy (non-hydrogen) atoms. The molecule has 6 atom stereocenters. The molecular formula is C42H52N8O6. The zero-order chi connectivity index (χ0) is 40.3. The second kappa shape index (κ2) is 16.9. The first-order valence-corrected chi connectivity index (χ1v) is 19.2. The van der Waals surface area contributed by atoms with Crippen molar-refractivity contribution in [1.82, 2.24) is 40.4 Å². The van der Waals surface area contributed by atoms with E-state index in [2.05, 4.69) is 51.3 Å². The van der Waals surface area contributed by atoms with Gasteiger partial charge in [-0.3, -0.25) is 9.59 Å². The summed E-state index contributed by atoms with van der Waals surface area (Å²) in [5, 5.41) is 5.40. The summed E-state index contributed by atoms with van der Waals surface area (Å²) in [5.41, 5.74) is 5.03. The van der Waals surface area contributed by atoms with Gasteiger partial charge in [0.15, 0.2) is 0 Å². The molecule has 4 heterocycles. The normalized spacial score (nSPS) is 20.5. The number of benzene rings is 2. The number of hydrogen-bond donors (Lipinski definition) is 4. The maximum absolute atomic E-state index is 13.7. The lowest BCUT2D eigenvalue weighted by Crippen LogP contribution is -2.51. The third-order valence-corrected chi connectivity index (χ3v) is 10.6. The van der Waals surface area contributed by atoms with Crippen LogP contribution in [0.3, 0.4) is 0 Å². The van der Waals surface area contributed by atoms with Crippen LogP contribution >= 0.6 is 0 Å². The fourth-order valence-corrected chi connectivity index (χ4v) is 7.65. The number of fused-ring (bicyclic) bond motifs is 1. The lowest BCUT2D eigenvalue weighted by atomic mass is 10.0. The van der Waals surface area contributed by atoms with Crippen LogP contribution in [0.1, 0.15) is 89.2 Å². The highest BCUT2D eigenvalue weighted by molar-refractivity contribution is 5.87. The first kappa shape index (κ1) is 39.8. The predicted molar refractivity (Wildman–Crippen MR) is 211 cm³/mol. The molecule has 0 radical (unpaired) electrons. The molecule has 0 saturated carbocycles. The van der Waals surface area contributed by atoms with E-state index in [0.717, 1.165) is 46.3 Å². The van der Waals surface area contributed by atoms with Crippen LogP contribution in [0.5, 0.6) is 0 Å². The van der Waals surface area contributed by atoms with Crippen molar-refractivity contribution in [3.05, 3.63) is 71.4 Å². The molecule has 14 heteroatoms. The van der Waals surface area contributed by atoms with E-state index in [0.29, 0.717) is 24.7 Å². The number of rotatable bonds is 9. The summed E-state index contributed by atoms with van der Waals surface area (Å²) in [7, 11) is 2.57. The summed E-state index contributed by atoms with van der Waals surface area (Å²) in [6, 6.07) is 11.8. The Morgan fingerprint density at radius 3 is 1.80 bits per heavy atom. The van der Waals surface area contributed by atoms with Crippen LogP contribution in [0, 0.1) is 35.5 Å². The number of H-pyrrole nitrogens is 2. The maximum Gasteiger partial charge on any atom is 0.407 e. The Morgan fingerprint density at radius 2 is 1.27 bits per heavy atom. The third-order valence-electron chi connectivity index (χ3n) is 10.6. The minimum atomic E-state index is -0.710. The summed E-state index contributed by atoms with van der Waals surface area (Å²) in [6.07, 6.45) is 2.03. The largest absolute Gasteiger partial charge is 0.453 e. The van der Waals surface area contributed by atoms with Gasteiger partial charge in [-0.15, -0.1) is 0 Å². The monoisotopic (exact) mass is 764 g/mol. The first-order valence-electron chi connectivity index (χ1n) is 19.2. The molecule has 0 spiro atoms. The van der Waals surface area contributed by atoms with E-state index < -0.39 is 24.3 Å². The van der Waals surface area contributed by atoms with E-state index in [1.807, 2.05) is 80.0 Å². The minimum Gasteiger partial charge on any atom is -0.453 e. The number of imidazole rings is 2. The van der Waals surface area contributed by atoms with Gasteiger partial charge >= 0.3 is 12.2 Å². The molecule has 2 aliphatic rings. The van der Waals surface area contributed by atoms with Crippen molar-refractivity contribution in [2.75, 3.05) is 27.3 Å². The lowest BCUT2D eigenvalue weighted by Gasteiger charge is -2.30. The number of methoxy groups -OCH3 is 2. The van der Waals surface area contributed by atoms with Gasteiger partial charge < -0.3 is 39.9 Å². The van der Waals surface area contributed by atoms with Crippen molar-refractivity contribution in [1.29, 1.82) is 0 Å². The van der Waals surface area contributed by atoms with E-state index >= 15 is 0 Å². The van der Waals surface area contributed by atoms with E-state index in [9.17, 15) is 19.2 Å². The quantitative estimate of drug-likeness (QED) is 0.152. The van der Waals surface area contributed by atoms with Crippen molar-refractivity contribution < 1.29 is 28.7 Å². The van der Waals surface area contributed by atoms with E-state index in [1.165, 1.54) is 14.2 Å². The highest BCUT2D eigenvalue weighted by atomic mass is 16.5. The molecule has 2 aromatic carbocycles. The van der Waals surface area contributed by atoms with Crippen LogP contribution in [-0.4, -0.2) is 93.1 Å². The van der Waals surface area contributed by atoms with Crippen LogP contribution < -0.4 is 10.6 Å². The molecule has 6 rings (SSSR count). The first-order chi connectivity index (χ1) is 26.8. The van der Waals surface area contributed by atoms with Gasteiger partial charge in [0.2, 0.25) is 11.8 Å². The van der Waals surface area contributed by atoms with Gasteiger partial charge in [0, 0.05) is 24.2 Å². The van der Waals surface area contributed by atoms with Gasteiger partial charge in [0.25, 0.3) is 0 Å². The second-order valence-corrected chi connectivity index (χ2v) is 15.8. The maximum atomic E-state index is 13.7. The number of aromatic nitrogens is 4. The number of amides is 4. The number of hydrogen-bond acceptors (Lipinski definition) is 8. The number of likely N-dealkylation sites (tertiary alicyclic amines) is 2. The molecule has 2 fully saturated rings. The van der Waals surface area contributed by atoms with Gasteiger partial charge in [0.1, 0.15) is 23.7 Å². The Bertz CT molecular complexity index is 2130. The van der Waals surface area contributed by atoms with E-state index in [-0.39, 0.29) is 47.6 Å². The summed E-state index contributed by atoms with van der Waals surface area (Å²) >= 11 is 0. The number of carbonyl (C=O) groups is 4. The fourth-order valence-electron chi connectivity index (χ4n) is 7.65. The second-order valence-electron chi connectivity index (χ2n) is 15.8. The number of aromatic amines is 2. The standard InChI is InChI=1S/C42H52N8O6/c1-23(2)35(47-41(53)55-7)39(51)49-21-25(5)17-33(49)37-43-20-32(46-37)29-14-11-27(12-15-29)9-10-28-13-16-30-31(19-28)45-38(44-30)34-18-26(6)22-50(34)40(52)36(24(3)4)48-42(54)56-8/h11-16,19-20,23-26,33-36H,17-18,21-22H2,1-8H3,(H,43,46)(H,44,45)(H,47,53)(H,48,54)/t25-,26-,33-,34-,35-,36-/m0/s1. The highest BCUT2D eigenvalue weighted by Crippen LogP contribution is 2.37. The van der Waals surface area contributed by atoms with Crippen molar-refractivity contribution >= 4 is 35.0 Å². The molecule has 2 aliphatic heterocycles. The number of nitrogens with one attached hydrogen (secondary N) is 4. The number of alkyl carbamates (subject to hydrolysis) is 2. The summed E-state index contributed by atoms with van der Waals surface area (Å²) in [5.74, 6) is 7.93. The Balaban J connectivity index is 1.14. The lowest BCUT2D eigenvalue weighted by molar-refractivity contribution is -0.136. The summed E-state index contributed by atoms with van der Waals surface area (Å²) in [6.45, 7) is 13.0. The van der Waals surface area contributed by atoms with E-state index in [4.69, 9.17) is 14.5 Å². The molecule has 0 aliphatic carbocycles. The van der Waals surface area contributed by atoms with Gasteiger partial charge in [-0.2, -0.15) is 0 Å². The molecule has 2 saturated heterocycles. The van der Waals surface area contributed by atoms with Crippen molar-refractivity contribution in [2.24, 2.45) is 23.7 Å². The Hall–Kier alpha value is -5.84. The highest BCUT2D eigenvalue weighted by Gasteiger charge is 2.41. The molecule has 4 N–H and O–H groups in total. The zero-order valence-corrected chi connectivity index (χ0v) is 33.3. The van der Waals surface area contributed by atoms with Gasteiger partial charge in [0.05, 0.1) is 49.2 Å². The summed E-state index contributed by atoms with van der Waals surface area (Å²) in [4.78, 5) is 71.4. The smallest absolute Gasteiger partial charge is 0.407 e. The Labute approximate surface area is 327 Å². The average Bonchev–Trinajstić information content (AvgIpc) is 3.99. The van der Waals surface area contributed by atoms with Gasteiger partial charge in [-0.1, -0.05) is 65.5 Å². The van der Waals surface area contributed by atoms with Crippen molar-refractivity contribution in [3.63, 3.8) is 0 Å². The minimum absolute atomic E-state index is 0.119. The topological polar surface area (TPSA) is 175 Å². The molecule has 0 bridgehead atoms. The molecule has 14 nitrogen and oxygen atoms in total.